The van der Waals surface area contributed by atoms with Crippen LogP contribution in [0.3, 0.4) is 0 Å². The summed E-state index contributed by atoms with van der Waals surface area (Å²) in [5.41, 5.74) is 2.57. The van der Waals surface area contributed by atoms with Crippen LogP contribution in [0, 0.1) is 6.61 Å². The molecule has 0 aliphatic heterocycles. The van der Waals surface area contributed by atoms with Gasteiger partial charge in [-0.25, -0.2) is 0 Å². The summed E-state index contributed by atoms with van der Waals surface area (Å²) >= 11 is 0. The standard InChI is InChI=1S/C10H17O/c1-9(2)5-4-6-10(3)7-8-11/h5,7-8,11H,4,6H2,1-3H3/b10-7+. The molecule has 1 N–H and O–H groups in total. The highest BCUT2D eigenvalue weighted by Crippen LogP contribution is 2.06. The third-order valence-corrected chi connectivity index (χ3v) is 1.45. The highest BCUT2D eigenvalue weighted by molar-refractivity contribution is 5.04. The summed E-state index contributed by atoms with van der Waals surface area (Å²) in [6, 6.07) is 0. The van der Waals surface area contributed by atoms with Gasteiger partial charge in [-0.3, -0.25) is 0 Å². The van der Waals surface area contributed by atoms with Crippen molar-refractivity contribution in [1.82, 2.24) is 0 Å². The zero-order chi connectivity index (χ0) is 8.69. The molecule has 0 aliphatic carbocycles. The lowest BCUT2D eigenvalue weighted by molar-refractivity contribution is 0.419. The van der Waals surface area contributed by atoms with E-state index in [0.29, 0.717) is 0 Å². The molecule has 0 aromatic rings. The van der Waals surface area contributed by atoms with Crippen molar-refractivity contribution >= 4 is 0 Å². The predicted molar refractivity (Wildman–Crippen MR) is 48.7 cm³/mol. The molecule has 0 amide bonds. The molecule has 1 nitrogen and oxygen atoms in total. The SMILES string of the molecule is CC(C)=CCC/C(C)=C/[CH]O. The van der Waals surface area contributed by atoms with Gasteiger partial charge in [0, 0.05) is 0 Å². The second kappa shape index (κ2) is 6.17. The van der Waals surface area contributed by atoms with Crippen molar-refractivity contribution in [1.29, 1.82) is 0 Å². The normalized spacial score (nSPS) is 11.5. The minimum Gasteiger partial charge on any atom is -0.386 e. The molecule has 11 heavy (non-hydrogen) atoms. The number of hydrogen-bond acceptors (Lipinski definition) is 1. The number of aliphatic hydroxyl groups is 1. The van der Waals surface area contributed by atoms with Crippen LogP contribution >= 0.6 is 0 Å². The van der Waals surface area contributed by atoms with Gasteiger partial charge in [0.1, 0.15) is 6.61 Å². The average Bonchev–Trinajstić information content (AvgIpc) is 1.87. The van der Waals surface area contributed by atoms with Crippen LogP contribution < -0.4 is 0 Å². The topological polar surface area (TPSA) is 20.2 Å². The maximum atomic E-state index is 8.43. The van der Waals surface area contributed by atoms with Gasteiger partial charge < -0.3 is 5.11 Å². The minimum atomic E-state index is 1.03. The van der Waals surface area contributed by atoms with Gasteiger partial charge in [-0.05, 0) is 33.6 Å². The monoisotopic (exact) mass is 153 g/mol. The molecule has 0 fully saturated rings. The van der Waals surface area contributed by atoms with Crippen LogP contribution in [0.5, 0.6) is 0 Å². The largest absolute Gasteiger partial charge is 0.386 e. The quantitative estimate of drug-likeness (QED) is 0.615. The summed E-state index contributed by atoms with van der Waals surface area (Å²) in [6.45, 7) is 7.30. The van der Waals surface area contributed by atoms with Crippen LogP contribution in [0.2, 0.25) is 0 Å². The molecule has 0 aromatic heterocycles. The van der Waals surface area contributed by atoms with E-state index in [0.717, 1.165) is 19.4 Å². The first-order valence-electron chi connectivity index (χ1n) is 3.93. The van der Waals surface area contributed by atoms with E-state index in [9.17, 15) is 0 Å². The Morgan fingerprint density at radius 1 is 1.27 bits per heavy atom. The van der Waals surface area contributed by atoms with E-state index in [4.69, 9.17) is 5.11 Å². The molecule has 1 radical (unpaired) electrons. The Morgan fingerprint density at radius 3 is 2.36 bits per heavy atom. The maximum Gasteiger partial charge on any atom is 0.102 e. The number of rotatable bonds is 4. The predicted octanol–water partition coefficient (Wildman–Crippen LogP) is 3.21. The first-order valence-corrected chi connectivity index (χ1v) is 3.93. The van der Waals surface area contributed by atoms with Gasteiger partial charge in [0.05, 0.1) is 0 Å². The lowest BCUT2D eigenvalue weighted by atomic mass is 10.1. The Hall–Kier alpha value is -0.560. The highest BCUT2D eigenvalue weighted by atomic mass is 16.2. The van der Waals surface area contributed by atoms with E-state index in [2.05, 4.69) is 19.9 Å². The Kier molecular flexibility index (Phi) is 5.86. The molecule has 0 saturated heterocycles. The van der Waals surface area contributed by atoms with Crippen molar-refractivity contribution in [3.8, 4) is 0 Å². The summed E-state index contributed by atoms with van der Waals surface area (Å²) in [5.74, 6) is 0. The summed E-state index contributed by atoms with van der Waals surface area (Å²) in [4.78, 5) is 0. The zero-order valence-electron chi connectivity index (χ0n) is 7.59. The second-order valence-corrected chi connectivity index (χ2v) is 2.98. The molecule has 63 valence electrons. The summed E-state index contributed by atoms with van der Waals surface area (Å²) in [7, 11) is 0. The zero-order valence-corrected chi connectivity index (χ0v) is 7.59. The van der Waals surface area contributed by atoms with Crippen LogP contribution in [0.4, 0.5) is 0 Å². The van der Waals surface area contributed by atoms with E-state index in [-0.39, 0.29) is 0 Å². The summed E-state index contributed by atoms with van der Waals surface area (Å²) < 4.78 is 0. The molecule has 0 aromatic carbocycles. The third kappa shape index (κ3) is 7.34. The fraction of sp³-hybridized carbons (Fsp3) is 0.500. The highest BCUT2D eigenvalue weighted by Gasteiger charge is 1.86. The molecule has 0 heterocycles. The van der Waals surface area contributed by atoms with Crippen molar-refractivity contribution in [3.05, 3.63) is 29.9 Å². The Bertz CT molecular complexity index is 150. The Labute approximate surface area is 69.4 Å². The van der Waals surface area contributed by atoms with Crippen LogP contribution in [-0.2, 0) is 0 Å². The molecular weight excluding hydrogens is 136 g/mol. The number of aliphatic hydroxyl groups excluding tert-OH is 1. The van der Waals surface area contributed by atoms with Crippen LogP contribution in [0.1, 0.15) is 33.6 Å². The van der Waals surface area contributed by atoms with Gasteiger partial charge in [-0.15, -0.1) is 0 Å². The molecule has 0 spiro atoms. The van der Waals surface area contributed by atoms with Crippen molar-refractivity contribution in [2.24, 2.45) is 0 Å². The van der Waals surface area contributed by atoms with E-state index in [1.165, 1.54) is 11.1 Å². The maximum absolute atomic E-state index is 8.43. The molecule has 0 aliphatic rings. The molecular formula is C10H17O. The first-order chi connectivity index (χ1) is 5.16. The fourth-order valence-corrected chi connectivity index (χ4v) is 0.799. The van der Waals surface area contributed by atoms with Gasteiger partial charge in [-0.2, -0.15) is 0 Å². The third-order valence-electron chi connectivity index (χ3n) is 1.45. The lowest BCUT2D eigenvalue weighted by Crippen LogP contribution is -1.77. The molecule has 0 rings (SSSR count). The first kappa shape index (κ1) is 10.4. The van der Waals surface area contributed by atoms with Crippen LogP contribution in [-0.4, -0.2) is 5.11 Å². The molecule has 0 saturated carbocycles. The lowest BCUT2D eigenvalue weighted by Gasteiger charge is -1.96. The fourth-order valence-electron chi connectivity index (χ4n) is 0.799. The van der Waals surface area contributed by atoms with E-state index >= 15 is 0 Å². The van der Waals surface area contributed by atoms with E-state index < -0.39 is 0 Å². The van der Waals surface area contributed by atoms with Gasteiger partial charge in [0.25, 0.3) is 0 Å². The van der Waals surface area contributed by atoms with Gasteiger partial charge in [0.2, 0.25) is 0 Å². The van der Waals surface area contributed by atoms with Gasteiger partial charge >= 0.3 is 0 Å². The van der Waals surface area contributed by atoms with E-state index in [1.807, 2.05) is 6.92 Å². The molecule has 1 heteroatoms. The van der Waals surface area contributed by atoms with Crippen LogP contribution in [0.25, 0.3) is 0 Å². The second-order valence-electron chi connectivity index (χ2n) is 2.98. The Balaban J connectivity index is 3.54. The number of hydrogen-bond donors (Lipinski definition) is 1. The minimum absolute atomic E-state index is 1.03. The van der Waals surface area contributed by atoms with Crippen molar-refractivity contribution < 1.29 is 5.11 Å². The summed E-state index contributed by atoms with van der Waals surface area (Å²) in [5, 5.41) is 8.43. The van der Waals surface area contributed by atoms with Crippen molar-refractivity contribution in [3.63, 3.8) is 0 Å². The number of allylic oxidation sites excluding steroid dienone is 3. The molecule has 0 unspecified atom stereocenters. The smallest absolute Gasteiger partial charge is 0.102 e. The molecule has 0 bridgehead atoms. The van der Waals surface area contributed by atoms with Crippen molar-refractivity contribution in [2.45, 2.75) is 33.6 Å². The van der Waals surface area contributed by atoms with Crippen LogP contribution in [0.15, 0.2) is 23.3 Å². The van der Waals surface area contributed by atoms with Gasteiger partial charge in [-0.1, -0.05) is 23.3 Å². The van der Waals surface area contributed by atoms with E-state index in [1.54, 1.807) is 6.08 Å². The average molecular weight is 153 g/mol. The van der Waals surface area contributed by atoms with Gasteiger partial charge in [0.15, 0.2) is 0 Å². The molecule has 0 atom stereocenters. The Morgan fingerprint density at radius 2 is 1.91 bits per heavy atom. The summed E-state index contributed by atoms with van der Waals surface area (Å²) in [6.07, 6.45) is 6.04. The van der Waals surface area contributed by atoms with Crippen molar-refractivity contribution in [2.75, 3.05) is 0 Å².